The Hall–Kier alpha value is -1.61. The quantitative estimate of drug-likeness (QED) is 0.814. The fraction of sp³-hybridized carbons (Fsp3) is 0.300. The van der Waals surface area contributed by atoms with Gasteiger partial charge in [-0.05, 0) is 24.6 Å². The smallest absolute Gasteiger partial charge is 0.197 e. The zero-order valence-corrected chi connectivity index (χ0v) is 9.46. The Bertz CT molecular complexity index is 534. The largest absolute Gasteiger partial charge is 0.399 e. The molecule has 1 rings (SSSR count). The van der Waals surface area contributed by atoms with E-state index in [0.717, 1.165) is 12.1 Å². The Kier molecular flexibility index (Phi) is 3.50. The molecule has 2 N–H and O–H groups in total. The Morgan fingerprint density at radius 2 is 2.19 bits per heavy atom. The van der Waals surface area contributed by atoms with E-state index in [1.807, 2.05) is 0 Å². The van der Waals surface area contributed by atoms with Crippen molar-refractivity contribution in [2.75, 3.05) is 5.73 Å². The fourth-order valence-electron chi connectivity index (χ4n) is 1.28. The third-order valence-corrected chi connectivity index (χ3v) is 4.28. The van der Waals surface area contributed by atoms with E-state index in [4.69, 9.17) is 11.0 Å². The van der Waals surface area contributed by atoms with Crippen LogP contribution < -0.4 is 5.73 Å². The third kappa shape index (κ3) is 2.14. The van der Waals surface area contributed by atoms with Gasteiger partial charge in [0, 0.05) is 5.69 Å². The van der Waals surface area contributed by atoms with Crippen molar-refractivity contribution in [3.8, 4) is 6.07 Å². The van der Waals surface area contributed by atoms with Gasteiger partial charge in [-0.25, -0.2) is 12.8 Å². The zero-order valence-electron chi connectivity index (χ0n) is 8.64. The number of benzene rings is 1. The molecule has 1 aromatic carbocycles. The first kappa shape index (κ1) is 12.5. The van der Waals surface area contributed by atoms with Crippen LogP contribution in [0.3, 0.4) is 0 Å². The first-order valence-electron chi connectivity index (χ1n) is 4.62. The van der Waals surface area contributed by atoms with Crippen LogP contribution in [0, 0.1) is 17.1 Å². The lowest BCUT2D eigenvalue weighted by atomic mass is 10.3. The normalized spacial score (nSPS) is 13.1. The molecule has 1 unspecified atom stereocenters. The fourth-order valence-corrected chi connectivity index (χ4v) is 2.75. The van der Waals surface area contributed by atoms with Gasteiger partial charge >= 0.3 is 0 Å². The molecular weight excluding hydrogens is 231 g/mol. The van der Waals surface area contributed by atoms with Crippen molar-refractivity contribution >= 4 is 15.5 Å². The minimum Gasteiger partial charge on any atom is -0.399 e. The number of hydrogen-bond acceptors (Lipinski definition) is 4. The maximum atomic E-state index is 13.4. The van der Waals surface area contributed by atoms with Crippen molar-refractivity contribution in [3.05, 3.63) is 24.0 Å². The van der Waals surface area contributed by atoms with Gasteiger partial charge in [0.1, 0.15) is 10.7 Å². The summed E-state index contributed by atoms with van der Waals surface area (Å²) in [5.74, 6) is -0.922. The van der Waals surface area contributed by atoms with Crippen molar-refractivity contribution in [2.24, 2.45) is 0 Å². The molecule has 0 saturated carbocycles. The summed E-state index contributed by atoms with van der Waals surface area (Å²) in [4.78, 5) is -0.477. The number of nitrogens with zero attached hydrogens (tertiary/aromatic N) is 1. The second-order valence-corrected chi connectivity index (χ2v) is 5.36. The molecule has 0 radical (unpaired) electrons. The Morgan fingerprint density at radius 3 is 2.62 bits per heavy atom. The summed E-state index contributed by atoms with van der Waals surface area (Å²) in [6, 6.07) is 4.95. The van der Waals surface area contributed by atoms with E-state index < -0.39 is 25.8 Å². The van der Waals surface area contributed by atoms with E-state index in [-0.39, 0.29) is 12.1 Å². The van der Waals surface area contributed by atoms with Gasteiger partial charge in [0.15, 0.2) is 15.1 Å². The average Bonchev–Trinajstić information content (AvgIpc) is 2.18. The Labute approximate surface area is 93.4 Å². The number of anilines is 1. The molecule has 4 nitrogen and oxygen atoms in total. The molecule has 0 bridgehead atoms. The van der Waals surface area contributed by atoms with Gasteiger partial charge in [-0.3, -0.25) is 0 Å². The molecule has 0 amide bonds. The Morgan fingerprint density at radius 1 is 1.56 bits per heavy atom. The van der Waals surface area contributed by atoms with Gasteiger partial charge in [-0.1, -0.05) is 6.92 Å². The molecule has 86 valence electrons. The number of nitriles is 1. The van der Waals surface area contributed by atoms with Crippen LogP contribution >= 0.6 is 0 Å². The van der Waals surface area contributed by atoms with Gasteiger partial charge in [0.05, 0.1) is 6.07 Å². The second kappa shape index (κ2) is 4.49. The minimum absolute atomic E-state index is 0.114. The van der Waals surface area contributed by atoms with E-state index >= 15 is 0 Å². The van der Waals surface area contributed by atoms with Crippen LogP contribution in [0.2, 0.25) is 0 Å². The number of nitrogens with two attached hydrogens (primary N) is 1. The van der Waals surface area contributed by atoms with Crippen molar-refractivity contribution < 1.29 is 12.8 Å². The van der Waals surface area contributed by atoms with Crippen LogP contribution in [0.1, 0.15) is 13.3 Å². The summed E-state index contributed by atoms with van der Waals surface area (Å²) in [6.45, 7) is 1.56. The molecule has 0 aliphatic heterocycles. The van der Waals surface area contributed by atoms with E-state index in [2.05, 4.69) is 0 Å². The van der Waals surface area contributed by atoms with Crippen molar-refractivity contribution in [3.63, 3.8) is 0 Å². The summed E-state index contributed by atoms with van der Waals surface area (Å²) in [7, 11) is -3.94. The van der Waals surface area contributed by atoms with Gasteiger partial charge in [-0.15, -0.1) is 0 Å². The lowest BCUT2D eigenvalue weighted by molar-refractivity contribution is 0.561. The number of nitrogen functional groups attached to an aromatic ring is 1. The molecule has 0 aliphatic carbocycles. The zero-order chi connectivity index (χ0) is 12.3. The topological polar surface area (TPSA) is 84.0 Å². The van der Waals surface area contributed by atoms with Crippen molar-refractivity contribution in [1.82, 2.24) is 0 Å². The lowest BCUT2D eigenvalue weighted by Crippen LogP contribution is -2.20. The lowest BCUT2D eigenvalue weighted by Gasteiger charge is -2.09. The van der Waals surface area contributed by atoms with Crippen molar-refractivity contribution in [2.45, 2.75) is 23.5 Å². The van der Waals surface area contributed by atoms with Gasteiger partial charge in [0.25, 0.3) is 0 Å². The molecule has 0 aromatic heterocycles. The first-order chi connectivity index (χ1) is 7.43. The van der Waals surface area contributed by atoms with Gasteiger partial charge < -0.3 is 5.73 Å². The van der Waals surface area contributed by atoms with Crippen LogP contribution in [0.25, 0.3) is 0 Å². The van der Waals surface area contributed by atoms with Crippen LogP contribution in [0.15, 0.2) is 23.1 Å². The summed E-state index contributed by atoms with van der Waals surface area (Å²) in [5, 5.41) is 7.46. The molecule has 0 heterocycles. The highest BCUT2D eigenvalue weighted by Crippen LogP contribution is 2.22. The molecule has 6 heteroatoms. The van der Waals surface area contributed by atoms with E-state index in [1.165, 1.54) is 6.07 Å². The molecule has 0 spiro atoms. The van der Waals surface area contributed by atoms with Crippen LogP contribution in [0.5, 0.6) is 0 Å². The first-order valence-corrected chi connectivity index (χ1v) is 6.16. The summed E-state index contributed by atoms with van der Waals surface area (Å²) >= 11 is 0. The Balaban J connectivity index is 3.34. The van der Waals surface area contributed by atoms with Crippen molar-refractivity contribution in [1.29, 1.82) is 5.26 Å². The number of hydrogen-bond donors (Lipinski definition) is 1. The minimum atomic E-state index is -3.94. The highest BCUT2D eigenvalue weighted by Gasteiger charge is 2.28. The summed E-state index contributed by atoms with van der Waals surface area (Å²) in [5.41, 5.74) is 5.45. The van der Waals surface area contributed by atoms with E-state index in [1.54, 1.807) is 13.0 Å². The molecule has 0 aliphatic rings. The predicted octanol–water partition coefficient (Wildman–Crippen LogP) is 1.48. The summed E-state index contributed by atoms with van der Waals surface area (Å²) < 4.78 is 37.1. The molecule has 0 fully saturated rings. The molecule has 0 saturated heterocycles. The number of rotatable bonds is 3. The molecular formula is C10H11FN2O2S. The van der Waals surface area contributed by atoms with Crippen LogP contribution in [0.4, 0.5) is 10.1 Å². The highest BCUT2D eigenvalue weighted by molar-refractivity contribution is 7.92. The van der Waals surface area contributed by atoms with E-state index in [0.29, 0.717) is 0 Å². The third-order valence-electron chi connectivity index (χ3n) is 2.15. The van der Waals surface area contributed by atoms with E-state index in [9.17, 15) is 12.8 Å². The second-order valence-electron chi connectivity index (χ2n) is 3.26. The van der Waals surface area contributed by atoms with Gasteiger partial charge in [-0.2, -0.15) is 5.26 Å². The number of sulfone groups is 1. The van der Waals surface area contributed by atoms with Crippen LogP contribution in [-0.2, 0) is 9.84 Å². The average molecular weight is 242 g/mol. The SMILES string of the molecule is CCC(C#N)S(=O)(=O)c1ccc(N)cc1F. The monoisotopic (exact) mass is 242 g/mol. The van der Waals surface area contributed by atoms with Gasteiger partial charge in [0.2, 0.25) is 0 Å². The standard InChI is InChI=1S/C10H11FN2O2S/c1-2-8(6-12)16(14,15)10-4-3-7(13)5-9(10)11/h3-5,8H,2,13H2,1H3. The maximum absolute atomic E-state index is 13.4. The molecule has 16 heavy (non-hydrogen) atoms. The predicted molar refractivity (Wildman–Crippen MR) is 57.7 cm³/mol. The molecule has 1 atom stereocenters. The summed E-state index contributed by atoms with van der Waals surface area (Å²) in [6.07, 6.45) is 0.114. The maximum Gasteiger partial charge on any atom is 0.197 e. The number of halogens is 1. The molecule has 1 aromatic rings. The van der Waals surface area contributed by atoms with Crippen LogP contribution in [-0.4, -0.2) is 13.7 Å². The highest BCUT2D eigenvalue weighted by atomic mass is 32.2.